The smallest absolute Gasteiger partial charge is 0.0905 e. The molecule has 1 heterocycles. The van der Waals surface area contributed by atoms with Crippen molar-refractivity contribution in [1.82, 2.24) is 4.98 Å². The van der Waals surface area contributed by atoms with Crippen molar-refractivity contribution in [2.24, 2.45) is 0 Å². The molecule has 0 unspecified atom stereocenters. The van der Waals surface area contributed by atoms with Crippen molar-refractivity contribution in [2.75, 3.05) is 12.8 Å². The molecular weight excluding hydrogens is 152 g/mol. The van der Waals surface area contributed by atoms with Gasteiger partial charge in [0, 0.05) is 12.8 Å². The number of pyridine rings is 1. The first-order valence-electron chi connectivity index (χ1n) is 3.86. The van der Waals surface area contributed by atoms with Gasteiger partial charge in [0.1, 0.15) is 0 Å². The molecule has 0 aliphatic rings. The first kappa shape index (κ1) is 9.00. The van der Waals surface area contributed by atoms with E-state index in [0.717, 1.165) is 22.6 Å². The molecule has 1 aromatic rings. The summed E-state index contributed by atoms with van der Waals surface area (Å²) in [6, 6.07) is 1.97. The minimum absolute atomic E-state index is 0.481. The second kappa shape index (κ2) is 3.54. The number of nitrogens with two attached hydrogens (primary N) is 1. The number of nitrogen functional groups attached to an aromatic ring is 1. The fourth-order valence-electron chi connectivity index (χ4n) is 1.17. The molecule has 1 rings (SSSR count). The molecule has 0 aliphatic heterocycles. The molecule has 0 aliphatic carbocycles. The molecule has 0 saturated carbocycles. The zero-order valence-corrected chi connectivity index (χ0v) is 7.72. The molecule has 3 heteroatoms. The SMILES string of the molecule is COCc1nc(C)cc(C)c1N. The van der Waals surface area contributed by atoms with Gasteiger partial charge in [-0.25, -0.2) is 0 Å². The number of aromatic nitrogens is 1. The van der Waals surface area contributed by atoms with Crippen LogP contribution in [0, 0.1) is 13.8 Å². The average molecular weight is 166 g/mol. The first-order valence-corrected chi connectivity index (χ1v) is 3.86. The second-order valence-corrected chi connectivity index (χ2v) is 2.87. The van der Waals surface area contributed by atoms with Crippen LogP contribution in [0.1, 0.15) is 17.0 Å². The molecule has 1 aromatic heterocycles. The van der Waals surface area contributed by atoms with E-state index in [1.807, 2.05) is 19.9 Å². The van der Waals surface area contributed by atoms with Crippen LogP contribution in [-0.4, -0.2) is 12.1 Å². The quantitative estimate of drug-likeness (QED) is 0.723. The van der Waals surface area contributed by atoms with Crippen molar-refractivity contribution >= 4 is 5.69 Å². The highest BCUT2D eigenvalue weighted by Gasteiger charge is 2.03. The van der Waals surface area contributed by atoms with Crippen molar-refractivity contribution in [3.8, 4) is 0 Å². The summed E-state index contributed by atoms with van der Waals surface area (Å²) in [5, 5.41) is 0. The fourth-order valence-corrected chi connectivity index (χ4v) is 1.17. The molecule has 66 valence electrons. The van der Waals surface area contributed by atoms with Gasteiger partial charge in [-0.2, -0.15) is 0 Å². The van der Waals surface area contributed by atoms with Crippen molar-refractivity contribution in [1.29, 1.82) is 0 Å². The van der Waals surface area contributed by atoms with Crippen LogP contribution in [0.15, 0.2) is 6.07 Å². The van der Waals surface area contributed by atoms with Gasteiger partial charge < -0.3 is 10.5 Å². The Hall–Kier alpha value is -1.09. The maximum Gasteiger partial charge on any atom is 0.0905 e. The molecule has 0 amide bonds. The molecule has 0 atom stereocenters. The molecule has 2 N–H and O–H groups in total. The van der Waals surface area contributed by atoms with Crippen LogP contribution in [0.25, 0.3) is 0 Å². The Labute approximate surface area is 72.6 Å². The highest BCUT2D eigenvalue weighted by atomic mass is 16.5. The zero-order chi connectivity index (χ0) is 9.14. The Morgan fingerprint density at radius 3 is 2.75 bits per heavy atom. The van der Waals surface area contributed by atoms with Crippen LogP contribution in [0.3, 0.4) is 0 Å². The van der Waals surface area contributed by atoms with Gasteiger partial charge in [-0.05, 0) is 25.5 Å². The van der Waals surface area contributed by atoms with E-state index in [0.29, 0.717) is 6.61 Å². The second-order valence-electron chi connectivity index (χ2n) is 2.87. The minimum Gasteiger partial charge on any atom is -0.397 e. The molecular formula is C9H14N2O. The van der Waals surface area contributed by atoms with Crippen LogP contribution in [-0.2, 0) is 11.3 Å². The van der Waals surface area contributed by atoms with E-state index >= 15 is 0 Å². The van der Waals surface area contributed by atoms with Crippen LogP contribution in [0.5, 0.6) is 0 Å². The summed E-state index contributed by atoms with van der Waals surface area (Å²) in [6.45, 7) is 4.41. The average Bonchev–Trinajstić information content (AvgIpc) is 2.00. The van der Waals surface area contributed by atoms with Gasteiger partial charge in [0.25, 0.3) is 0 Å². The summed E-state index contributed by atoms with van der Waals surface area (Å²) in [7, 11) is 1.64. The molecule has 12 heavy (non-hydrogen) atoms. The van der Waals surface area contributed by atoms with Gasteiger partial charge in [-0.1, -0.05) is 0 Å². The summed E-state index contributed by atoms with van der Waals surface area (Å²) < 4.78 is 4.98. The largest absolute Gasteiger partial charge is 0.397 e. The standard InChI is InChI=1S/C9H14N2O/c1-6-4-7(2)11-8(5-12-3)9(6)10/h4H,5,10H2,1-3H3. The van der Waals surface area contributed by atoms with Crippen LogP contribution in [0.4, 0.5) is 5.69 Å². The topological polar surface area (TPSA) is 48.1 Å². The summed E-state index contributed by atoms with van der Waals surface area (Å²) in [6.07, 6.45) is 0. The minimum atomic E-state index is 0.481. The van der Waals surface area contributed by atoms with E-state index < -0.39 is 0 Å². The summed E-state index contributed by atoms with van der Waals surface area (Å²) in [5.41, 5.74) is 9.41. The molecule has 0 spiro atoms. The Kier molecular flexibility index (Phi) is 2.65. The van der Waals surface area contributed by atoms with Crippen LogP contribution >= 0.6 is 0 Å². The van der Waals surface area contributed by atoms with E-state index in [1.54, 1.807) is 7.11 Å². The lowest BCUT2D eigenvalue weighted by Gasteiger charge is -2.07. The highest BCUT2D eigenvalue weighted by Crippen LogP contribution is 2.16. The Balaban J connectivity index is 3.09. The first-order chi connectivity index (χ1) is 5.65. The van der Waals surface area contributed by atoms with E-state index in [9.17, 15) is 0 Å². The lowest BCUT2D eigenvalue weighted by atomic mass is 10.2. The molecule has 3 nitrogen and oxygen atoms in total. The number of anilines is 1. The fraction of sp³-hybridized carbons (Fsp3) is 0.444. The lowest BCUT2D eigenvalue weighted by Crippen LogP contribution is -2.03. The number of ether oxygens (including phenoxy) is 1. The predicted molar refractivity (Wildman–Crippen MR) is 48.8 cm³/mol. The van der Waals surface area contributed by atoms with Gasteiger partial charge in [0.15, 0.2) is 0 Å². The van der Waals surface area contributed by atoms with Crippen molar-refractivity contribution in [3.63, 3.8) is 0 Å². The predicted octanol–water partition coefficient (Wildman–Crippen LogP) is 1.43. The lowest BCUT2D eigenvalue weighted by molar-refractivity contribution is 0.182. The maximum absolute atomic E-state index is 5.80. The van der Waals surface area contributed by atoms with E-state index in [4.69, 9.17) is 10.5 Å². The van der Waals surface area contributed by atoms with Gasteiger partial charge in [-0.3, -0.25) is 4.98 Å². The van der Waals surface area contributed by atoms with E-state index in [-0.39, 0.29) is 0 Å². The molecule has 0 radical (unpaired) electrons. The molecule has 0 aromatic carbocycles. The van der Waals surface area contributed by atoms with Gasteiger partial charge >= 0.3 is 0 Å². The van der Waals surface area contributed by atoms with Crippen LogP contribution in [0.2, 0.25) is 0 Å². The van der Waals surface area contributed by atoms with E-state index in [2.05, 4.69) is 4.98 Å². The third kappa shape index (κ3) is 1.74. The molecule has 0 bridgehead atoms. The maximum atomic E-state index is 5.80. The van der Waals surface area contributed by atoms with E-state index in [1.165, 1.54) is 0 Å². The Morgan fingerprint density at radius 2 is 2.17 bits per heavy atom. The molecule has 0 fully saturated rings. The monoisotopic (exact) mass is 166 g/mol. The number of rotatable bonds is 2. The van der Waals surface area contributed by atoms with Gasteiger partial charge in [0.2, 0.25) is 0 Å². The van der Waals surface area contributed by atoms with Gasteiger partial charge in [-0.15, -0.1) is 0 Å². The normalized spacial score (nSPS) is 10.2. The highest BCUT2D eigenvalue weighted by molar-refractivity contribution is 5.50. The Bertz CT molecular complexity index is 284. The number of aryl methyl sites for hydroxylation is 2. The third-order valence-electron chi connectivity index (χ3n) is 1.75. The van der Waals surface area contributed by atoms with Crippen molar-refractivity contribution < 1.29 is 4.74 Å². The number of methoxy groups -OCH3 is 1. The Morgan fingerprint density at radius 1 is 1.50 bits per heavy atom. The number of hydrogen-bond donors (Lipinski definition) is 1. The number of nitrogens with zero attached hydrogens (tertiary/aromatic N) is 1. The molecule has 0 saturated heterocycles. The third-order valence-corrected chi connectivity index (χ3v) is 1.75. The zero-order valence-electron chi connectivity index (χ0n) is 7.72. The summed E-state index contributed by atoms with van der Waals surface area (Å²) in [5.74, 6) is 0. The summed E-state index contributed by atoms with van der Waals surface area (Å²) in [4.78, 5) is 4.27. The van der Waals surface area contributed by atoms with Crippen LogP contribution < -0.4 is 5.73 Å². The number of hydrogen-bond acceptors (Lipinski definition) is 3. The van der Waals surface area contributed by atoms with Crippen molar-refractivity contribution in [2.45, 2.75) is 20.5 Å². The van der Waals surface area contributed by atoms with Gasteiger partial charge in [0.05, 0.1) is 18.0 Å². The van der Waals surface area contributed by atoms with Crippen molar-refractivity contribution in [3.05, 3.63) is 23.0 Å². The summed E-state index contributed by atoms with van der Waals surface area (Å²) >= 11 is 0.